The number of hydrogen-bond acceptors (Lipinski definition) is 5. The predicted molar refractivity (Wildman–Crippen MR) is 72.2 cm³/mol. The van der Waals surface area contributed by atoms with Crippen LogP contribution in [0.1, 0.15) is 25.3 Å². The van der Waals surface area contributed by atoms with Crippen LogP contribution in [-0.4, -0.2) is 41.4 Å². The van der Waals surface area contributed by atoms with Gasteiger partial charge in [-0.3, -0.25) is 4.79 Å². The summed E-state index contributed by atoms with van der Waals surface area (Å²) in [5.41, 5.74) is 6.75. The number of amides is 1. The predicted octanol–water partition coefficient (Wildman–Crippen LogP) is 0.901. The maximum Gasteiger partial charge on any atom is 0.223 e. The Morgan fingerprint density at radius 3 is 2.78 bits per heavy atom. The van der Waals surface area contributed by atoms with Crippen LogP contribution < -0.4 is 11.1 Å². The van der Waals surface area contributed by atoms with E-state index in [1.165, 1.54) is 6.33 Å². The van der Waals surface area contributed by atoms with Gasteiger partial charge in [0.25, 0.3) is 0 Å². The lowest BCUT2D eigenvalue weighted by Crippen LogP contribution is -2.24. The third-order valence-electron chi connectivity index (χ3n) is 2.61. The molecule has 0 aliphatic rings. The number of aromatic nitrogens is 2. The molecule has 0 fully saturated rings. The molecule has 3 N–H and O–H groups in total. The summed E-state index contributed by atoms with van der Waals surface area (Å²) in [4.78, 5) is 21.2. The van der Waals surface area contributed by atoms with E-state index in [2.05, 4.69) is 22.2 Å². The molecule has 100 valence electrons. The van der Waals surface area contributed by atoms with E-state index >= 15 is 0 Å². The summed E-state index contributed by atoms with van der Waals surface area (Å²) >= 11 is 0. The Kier molecular flexibility index (Phi) is 5.35. The maximum absolute atomic E-state index is 11.4. The van der Waals surface area contributed by atoms with Gasteiger partial charge in [-0.15, -0.1) is 0 Å². The summed E-state index contributed by atoms with van der Waals surface area (Å²) in [5.74, 6) is 1.32. The van der Waals surface area contributed by atoms with Gasteiger partial charge in [0, 0.05) is 32.6 Å². The molecule has 0 bridgehead atoms. The van der Waals surface area contributed by atoms with Crippen molar-refractivity contribution in [2.75, 3.05) is 31.7 Å². The van der Waals surface area contributed by atoms with Gasteiger partial charge in [-0.25, -0.2) is 9.97 Å². The molecule has 0 aliphatic heterocycles. The van der Waals surface area contributed by atoms with E-state index in [-0.39, 0.29) is 5.91 Å². The van der Waals surface area contributed by atoms with Crippen molar-refractivity contribution in [3.63, 3.8) is 0 Å². The number of nitrogens with zero attached hydrogens (tertiary/aromatic N) is 3. The van der Waals surface area contributed by atoms with Gasteiger partial charge in [0.15, 0.2) is 0 Å². The average Bonchev–Trinajstić information content (AvgIpc) is 2.33. The van der Waals surface area contributed by atoms with Crippen LogP contribution in [0.15, 0.2) is 6.33 Å². The van der Waals surface area contributed by atoms with E-state index in [0.29, 0.717) is 18.8 Å². The molecule has 6 heteroatoms. The maximum atomic E-state index is 11.4. The van der Waals surface area contributed by atoms with Gasteiger partial charge in [-0.1, -0.05) is 13.3 Å². The van der Waals surface area contributed by atoms with Crippen LogP contribution in [0.25, 0.3) is 0 Å². The first kappa shape index (κ1) is 14.2. The Bertz CT molecular complexity index is 405. The molecular weight excluding hydrogens is 230 g/mol. The first-order chi connectivity index (χ1) is 8.56. The summed E-state index contributed by atoms with van der Waals surface area (Å²) in [7, 11) is 3.49. The zero-order valence-electron chi connectivity index (χ0n) is 11.2. The normalized spacial score (nSPS) is 10.2. The molecule has 0 spiro atoms. The smallest absolute Gasteiger partial charge is 0.223 e. The van der Waals surface area contributed by atoms with E-state index in [0.717, 1.165) is 24.2 Å². The molecule has 1 aromatic rings. The van der Waals surface area contributed by atoms with Crippen molar-refractivity contribution in [1.29, 1.82) is 0 Å². The van der Waals surface area contributed by atoms with Crippen LogP contribution in [0, 0.1) is 0 Å². The average molecular weight is 251 g/mol. The van der Waals surface area contributed by atoms with Gasteiger partial charge in [0.2, 0.25) is 5.91 Å². The molecule has 1 rings (SSSR count). The molecular formula is C12H21N5O. The second-order valence-electron chi connectivity index (χ2n) is 4.30. The highest BCUT2D eigenvalue weighted by Crippen LogP contribution is 2.18. The molecule has 0 atom stereocenters. The molecule has 0 saturated carbocycles. The monoisotopic (exact) mass is 251 g/mol. The van der Waals surface area contributed by atoms with Crippen molar-refractivity contribution in [3.8, 4) is 0 Å². The highest BCUT2D eigenvalue weighted by atomic mass is 16.2. The van der Waals surface area contributed by atoms with Gasteiger partial charge < -0.3 is 16.0 Å². The van der Waals surface area contributed by atoms with E-state index in [9.17, 15) is 4.79 Å². The van der Waals surface area contributed by atoms with Crippen molar-refractivity contribution in [2.24, 2.45) is 0 Å². The van der Waals surface area contributed by atoms with E-state index in [1.54, 1.807) is 19.0 Å². The zero-order valence-corrected chi connectivity index (χ0v) is 11.2. The van der Waals surface area contributed by atoms with E-state index in [4.69, 9.17) is 5.73 Å². The zero-order chi connectivity index (χ0) is 13.5. The molecule has 0 aromatic carbocycles. The molecule has 0 radical (unpaired) electrons. The van der Waals surface area contributed by atoms with Crippen molar-refractivity contribution in [1.82, 2.24) is 14.9 Å². The third kappa shape index (κ3) is 3.87. The van der Waals surface area contributed by atoms with Gasteiger partial charge in [0.1, 0.15) is 18.0 Å². The van der Waals surface area contributed by atoms with Gasteiger partial charge >= 0.3 is 0 Å². The van der Waals surface area contributed by atoms with Crippen LogP contribution in [0.4, 0.5) is 11.6 Å². The number of carbonyl (C=O) groups is 1. The van der Waals surface area contributed by atoms with Crippen LogP contribution in [0.2, 0.25) is 0 Å². The summed E-state index contributed by atoms with van der Waals surface area (Å²) < 4.78 is 0. The quantitative estimate of drug-likeness (QED) is 0.784. The first-order valence-corrected chi connectivity index (χ1v) is 6.09. The Labute approximate surface area is 108 Å². The summed E-state index contributed by atoms with van der Waals surface area (Å²) in [6.07, 6.45) is 3.67. The Balaban J connectivity index is 2.61. The van der Waals surface area contributed by atoms with Gasteiger partial charge in [0.05, 0.1) is 0 Å². The van der Waals surface area contributed by atoms with Gasteiger partial charge in [-0.2, -0.15) is 0 Å². The number of carbonyl (C=O) groups excluding carboxylic acids is 1. The Hall–Kier alpha value is -1.85. The number of nitrogen functional groups attached to an aromatic ring is 1. The lowest BCUT2D eigenvalue weighted by atomic mass is 10.1. The molecule has 0 saturated heterocycles. The van der Waals surface area contributed by atoms with Crippen LogP contribution in [-0.2, 0) is 11.2 Å². The van der Waals surface area contributed by atoms with Crippen LogP contribution in [0.5, 0.6) is 0 Å². The van der Waals surface area contributed by atoms with E-state index in [1.807, 2.05) is 0 Å². The summed E-state index contributed by atoms with van der Waals surface area (Å²) in [5, 5.41) is 3.15. The van der Waals surface area contributed by atoms with Crippen LogP contribution >= 0.6 is 0 Å². The molecule has 0 unspecified atom stereocenters. The number of rotatable bonds is 6. The third-order valence-corrected chi connectivity index (χ3v) is 2.61. The lowest BCUT2D eigenvalue weighted by Gasteiger charge is -2.13. The molecule has 1 amide bonds. The molecule has 1 heterocycles. The van der Waals surface area contributed by atoms with E-state index < -0.39 is 0 Å². The fourth-order valence-electron chi connectivity index (χ4n) is 1.59. The van der Waals surface area contributed by atoms with Crippen molar-refractivity contribution < 1.29 is 4.79 Å². The minimum Gasteiger partial charge on any atom is -0.383 e. The SMILES string of the molecule is CCCc1c(N)ncnc1NCCC(=O)N(C)C. The van der Waals surface area contributed by atoms with Crippen molar-refractivity contribution >= 4 is 17.5 Å². The van der Waals surface area contributed by atoms with Gasteiger partial charge in [-0.05, 0) is 6.42 Å². The standard InChI is InChI=1S/C12H21N5O/c1-4-5-9-11(13)15-8-16-12(9)14-7-6-10(18)17(2)3/h8H,4-7H2,1-3H3,(H3,13,14,15,16). The second-order valence-corrected chi connectivity index (χ2v) is 4.30. The number of nitrogens with one attached hydrogen (secondary N) is 1. The summed E-state index contributed by atoms with van der Waals surface area (Å²) in [6, 6.07) is 0. The largest absolute Gasteiger partial charge is 0.383 e. The lowest BCUT2D eigenvalue weighted by molar-refractivity contribution is -0.128. The van der Waals surface area contributed by atoms with Crippen LogP contribution in [0.3, 0.4) is 0 Å². The summed E-state index contributed by atoms with van der Waals surface area (Å²) in [6.45, 7) is 2.62. The minimum atomic E-state index is 0.0848. The number of anilines is 2. The fraction of sp³-hybridized carbons (Fsp3) is 0.583. The Morgan fingerprint density at radius 1 is 1.44 bits per heavy atom. The number of hydrogen-bond donors (Lipinski definition) is 2. The van der Waals surface area contributed by atoms with Crippen molar-refractivity contribution in [2.45, 2.75) is 26.2 Å². The molecule has 6 nitrogen and oxygen atoms in total. The van der Waals surface area contributed by atoms with Crippen molar-refractivity contribution in [3.05, 3.63) is 11.9 Å². The molecule has 18 heavy (non-hydrogen) atoms. The first-order valence-electron chi connectivity index (χ1n) is 6.09. The Morgan fingerprint density at radius 2 is 2.17 bits per heavy atom. The highest BCUT2D eigenvalue weighted by Gasteiger charge is 2.09. The highest BCUT2D eigenvalue weighted by molar-refractivity contribution is 5.76. The molecule has 0 aliphatic carbocycles. The number of nitrogens with two attached hydrogens (primary N) is 1. The minimum absolute atomic E-state index is 0.0848. The fourth-order valence-corrected chi connectivity index (χ4v) is 1.59. The second kappa shape index (κ2) is 6.78. The topological polar surface area (TPSA) is 84.1 Å². The molecule has 1 aromatic heterocycles.